The van der Waals surface area contributed by atoms with Crippen LogP contribution in [0, 0.1) is 6.92 Å². The van der Waals surface area contributed by atoms with E-state index >= 15 is 0 Å². The minimum absolute atomic E-state index is 0.136. The molecule has 0 unspecified atom stereocenters. The van der Waals surface area contributed by atoms with Crippen LogP contribution in [0.5, 0.6) is 0 Å². The number of benzene rings is 1. The molecule has 0 aliphatic heterocycles. The van der Waals surface area contributed by atoms with Gasteiger partial charge in [-0.3, -0.25) is 4.79 Å². The summed E-state index contributed by atoms with van der Waals surface area (Å²) >= 11 is 8.45. The lowest BCUT2D eigenvalue weighted by atomic mass is 10.1. The largest absolute Gasteiger partial charge is 0.462 e. The highest BCUT2D eigenvalue weighted by Crippen LogP contribution is 2.36. The zero-order chi connectivity index (χ0) is 25.1. The van der Waals surface area contributed by atoms with Gasteiger partial charge in [-0.15, -0.1) is 22.7 Å². The maximum atomic E-state index is 13.5. The van der Waals surface area contributed by atoms with Gasteiger partial charge in [0.2, 0.25) is 0 Å². The van der Waals surface area contributed by atoms with E-state index in [4.69, 9.17) is 21.1 Å². The van der Waals surface area contributed by atoms with Crippen molar-refractivity contribution < 1.29 is 23.9 Å². The summed E-state index contributed by atoms with van der Waals surface area (Å²) in [7, 11) is 0. The van der Waals surface area contributed by atoms with Crippen molar-refractivity contribution in [3.05, 3.63) is 68.4 Å². The van der Waals surface area contributed by atoms with E-state index in [2.05, 4.69) is 10.3 Å². The molecule has 180 valence electrons. The summed E-state index contributed by atoms with van der Waals surface area (Å²) in [6.07, 6.45) is 0. The molecule has 0 radical (unpaired) electrons. The number of halogens is 1. The van der Waals surface area contributed by atoms with Crippen LogP contribution in [0.25, 0.3) is 21.5 Å². The molecule has 1 aromatic carbocycles. The van der Waals surface area contributed by atoms with Crippen LogP contribution in [0.1, 0.15) is 49.8 Å². The lowest BCUT2D eigenvalue weighted by molar-refractivity contribution is 0.0527. The van der Waals surface area contributed by atoms with Gasteiger partial charge in [0, 0.05) is 5.39 Å². The molecule has 0 saturated carbocycles. The lowest BCUT2D eigenvalue weighted by Gasteiger charge is -2.10. The average molecular weight is 529 g/mol. The molecule has 4 rings (SSSR count). The van der Waals surface area contributed by atoms with Crippen LogP contribution in [0.3, 0.4) is 0 Å². The Hall–Kier alpha value is -3.27. The summed E-state index contributed by atoms with van der Waals surface area (Å²) in [5.74, 6) is -1.64. The molecule has 3 aromatic heterocycles. The van der Waals surface area contributed by atoms with Crippen LogP contribution in [0.15, 0.2) is 42.5 Å². The molecule has 1 amide bonds. The number of fused-ring (bicyclic) bond motifs is 1. The number of nitrogens with zero attached hydrogens (tertiary/aromatic N) is 1. The third-order valence-corrected chi connectivity index (χ3v) is 7.54. The van der Waals surface area contributed by atoms with Crippen molar-refractivity contribution in [2.24, 2.45) is 0 Å². The molecule has 3 heterocycles. The van der Waals surface area contributed by atoms with E-state index in [-0.39, 0.29) is 28.7 Å². The number of hydrogen-bond donors (Lipinski definition) is 1. The van der Waals surface area contributed by atoms with Crippen LogP contribution in [0.2, 0.25) is 4.34 Å². The van der Waals surface area contributed by atoms with E-state index < -0.39 is 17.8 Å². The highest BCUT2D eigenvalue weighted by Gasteiger charge is 2.28. The fourth-order valence-electron chi connectivity index (χ4n) is 3.55. The van der Waals surface area contributed by atoms with Crippen molar-refractivity contribution in [1.29, 1.82) is 0 Å². The summed E-state index contributed by atoms with van der Waals surface area (Å²) in [6, 6.07) is 12.6. The van der Waals surface area contributed by atoms with Crippen molar-refractivity contribution >= 4 is 68.0 Å². The first-order valence-electron chi connectivity index (χ1n) is 10.8. The first kappa shape index (κ1) is 24.8. The number of carbonyl (C=O) groups excluding carboxylic acids is 3. The number of carbonyl (C=O) groups is 3. The van der Waals surface area contributed by atoms with E-state index in [0.29, 0.717) is 32.1 Å². The maximum Gasteiger partial charge on any atom is 0.348 e. The van der Waals surface area contributed by atoms with E-state index in [9.17, 15) is 14.4 Å². The summed E-state index contributed by atoms with van der Waals surface area (Å²) < 4.78 is 10.9. The van der Waals surface area contributed by atoms with Gasteiger partial charge in [0.15, 0.2) is 0 Å². The zero-order valence-corrected chi connectivity index (χ0v) is 21.5. The maximum absolute atomic E-state index is 13.5. The third-order valence-electron chi connectivity index (χ3n) is 5.10. The molecule has 10 heteroatoms. The van der Waals surface area contributed by atoms with E-state index in [1.807, 2.05) is 24.3 Å². The van der Waals surface area contributed by atoms with Crippen molar-refractivity contribution in [2.75, 3.05) is 18.5 Å². The Morgan fingerprint density at radius 3 is 2.40 bits per heavy atom. The summed E-state index contributed by atoms with van der Waals surface area (Å²) in [5.41, 5.74) is 2.15. The fourth-order valence-corrected chi connectivity index (χ4v) is 5.64. The normalized spacial score (nSPS) is 10.9. The summed E-state index contributed by atoms with van der Waals surface area (Å²) in [6.45, 7) is 5.35. The average Bonchev–Trinajstić information content (AvgIpc) is 3.41. The topological polar surface area (TPSA) is 94.6 Å². The molecule has 35 heavy (non-hydrogen) atoms. The Labute approximate surface area is 214 Å². The molecule has 0 saturated heterocycles. The molecule has 4 aromatic rings. The molecule has 7 nitrogen and oxygen atoms in total. The van der Waals surface area contributed by atoms with Crippen molar-refractivity contribution in [3.8, 4) is 10.6 Å². The van der Waals surface area contributed by atoms with Crippen molar-refractivity contribution in [1.82, 2.24) is 4.98 Å². The van der Waals surface area contributed by atoms with Crippen LogP contribution in [-0.2, 0) is 9.47 Å². The number of thiophene rings is 2. The number of pyridine rings is 1. The quantitative estimate of drug-likeness (QED) is 0.272. The van der Waals surface area contributed by atoms with Gasteiger partial charge >= 0.3 is 11.9 Å². The van der Waals surface area contributed by atoms with Gasteiger partial charge in [-0.25, -0.2) is 14.6 Å². The molecule has 0 aliphatic carbocycles. The number of para-hydroxylation sites is 1. The van der Waals surface area contributed by atoms with Crippen LogP contribution in [-0.4, -0.2) is 36.0 Å². The van der Waals surface area contributed by atoms with E-state index in [1.54, 1.807) is 39.0 Å². The Balaban J connectivity index is 1.79. The van der Waals surface area contributed by atoms with Gasteiger partial charge in [-0.2, -0.15) is 0 Å². The van der Waals surface area contributed by atoms with Crippen LogP contribution >= 0.6 is 34.3 Å². The highest BCUT2D eigenvalue weighted by molar-refractivity contribution is 7.19. The fraction of sp³-hybridized carbons (Fsp3) is 0.200. The number of rotatable bonds is 7. The van der Waals surface area contributed by atoms with Gasteiger partial charge in [0.25, 0.3) is 5.91 Å². The zero-order valence-electron chi connectivity index (χ0n) is 19.1. The number of hydrogen-bond acceptors (Lipinski definition) is 8. The lowest BCUT2D eigenvalue weighted by Crippen LogP contribution is -2.15. The highest BCUT2D eigenvalue weighted by atomic mass is 35.5. The molecular formula is C25H21ClN2O5S2. The number of amides is 1. The Morgan fingerprint density at radius 1 is 1.00 bits per heavy atom. The van der Waals surface area contributed by atoms with E-state index in [1.165, 1.54) is 11.3 Å². The molecule has 0 atom stereocenters. The third kappa shape index (κ3) is 5.07. The molecule has 0 bridgehead atoms. The minimum atomic E-state index is -0.624. The second-order valence-corrected chi connectivity index (χ2v) is 10.1. The Bertz CT molecular complexity index is 1440. The van der Waals surface area contributed by atoms with Gasteiger partial charge in [-0.05, 0) is 50.6 Å². The minimum Gasteiger partial charge on any atom is -0.462 e. The predicted molar refractivity (Wildman–Crippen MR) is 139 cm³/mol. The first-order valence-corrected chi connectivity index (χ1v) is 12.8. The first-order chi connectivity index (χ1) is 16.8. The monoisotopic (exact) mass is 528 g/mol. The molecule has 0 aliphatic rings. The van der Waals surface area contributed by atoms with Crippen LogP contribution < -0.4 is 5.32 Å². The van der Waals surface area contributed by atoms with Gasteiger partial charge in [0.1, 0.15) is 9.88 Å². The van der Waals surface area contributed by atoms with E-state index in [0.717, 1.165) is 16.2 Å². The SMILES string of the molecule is CCOC(=O)c1sc(NC(=O)c2cc(-c3ccc(Cl)s3)nc3ccccc23)c(C(=O)OCC)c1C. The van der Waals surface area contributed by atoms with Gasteiger partial charge in [0.05, 0.1) is 44.8 Å². The molecule has 1 N–H and O–H groups in total. The van der Waals surface area contributed by atoms with Crippen LogP contribution in [0.4, 0.5) is 5.00 Å². The molecule has 0 spiro atoms. The van der Waals surface area contributed by atoms with Crippen molar-refractivity contribution in [2.45, 2.75) is 20.8 Å². The van der Waals surface area contributed by atoms with Crippen molar-refractivity contribution in [3.63, 3.8) is 0 Å². The Morgan fingerprint density at radius 2 is 1.71 bits per heavy atom. The number of esters is 2. The molecule has 0 fully saturated rings. The number of nitrogens with one attached hydrogen (secondary N) is 1. The Kier molecular flexibility index (Phi) is 7.49. The van der Waals surface area contributed by atoms with Gasteiger partial charge in [-0.1, -0.05) is 29.8 Å². The molecular weight excluding hydrogens is 508 g/mol. The number of ether oxygens (including phenoxy) is 2. The summed E-state index contributed by atoms with van der Waals surface area (Å²) in [4.78, 5) is 44.4. The second-order valence-electron chi connectivity index (χ2n) is 7.33. The second kappa shape index (κ2) is 10.6. The van der Waals surface area contributed by atoms with Gasteiger partial charge < -0.3 is 14.8 Å². The summed E-state index contributed by atoms with van der Waals surface area (Å²) in [5, 5.41) is 3.69. The number of aromatic nitrogens is 1. The smallest absolute Gasteiger partial charge is 0.348 e. The number of anilines is 1. The standard InChI is InChI=1S/C25H21ClN2O5S2/c1-4-32-24(30)20-13(3)21(25(31)33-5-2)35-23(20)28-22(29)15-12-17(18-10-11-19(26)34-18)27-16-9-7-6-8-14(15)16/h6-12H,4-5H2,1-3H3,(H,28,29). The predicted octanol–water partition coefficient (Wildman–Crippen LogP) is 6.59.